The van der Waals surface area contributed by atoms with Gasteiger partial charge in [-0.25, -0.2) is 9.97 Å². The van der Waals surface area contributed by atoms with Gasteiger partial charge in [0.25, 0.3) is 0 Å². The summed E-state index contributed by atoms with van der Waals surface area (Å²) in [7, 11) is 0. The Bertz CT molecular complexity index is 894. The third kappa shape index (κ3) is 4.26. The summed E-state index contributed by atoms with van der Waals surface area (Å²) in [5.41, 5.74) is 1.71. The Morgan fingerprint density at radius 2 is 1.68 bits per heavy atom. The maximum atomic E-state index is 12.2. The molecule has 2 aromatic carbocycles. The van der Waals surface area contributed by atoms with Crippen LogP contribution in [-0.4, -0.2) is 21.0 Å². The van der Waals surface area contributed by atoms with Crippen molar-refractivity contribution in [3.05, 3.63) is 70.5 Å². The highest BCUT2D eigenvalue weighted by Crippen LogP contribution is 2.25. The monoisotopic (exact) mass is 373 g/mol. The molecule has 0 unspecified atom stereocenters. The lowest BCUT2D eigenvalue weighted by molar-refractivity contribution is -0.115. The van der Waals surface area contributed by atoms with Gasteiger partial charge >= 0.3 is 0 Å². The predicted molar refractivity (Wildman–Crippen MR) is 97.9 cm³/mol. The van der Waals surface area contributed by atoms with Gasteiger partial charge in [-0.3, -0.25) is 4.79 Å². The average molecular weight is 374 g/mol. The van der Waals surface area contributed by atoms with Gasteiger partial charge in [0, 0.05) is 15.6 Å². The molecular weight excluding hydrogens is 361 g/mol. The van der Waals surface area contributed by atoms with E-state index < -0.39 is 0 Å². The molecule has 0 fully saturated rings. The first-order chi connectivity index (χ1) is 12.0. The van der Waals surface area contributed by atoms with Gasteiger partial charge in [-0.15, -0.1) is 0 Å². The van der Waals surface area contributed by atoms with Gasteiger partial charge in [-0.1, -0.05) is 41.4 Å². The molecule has 1 heterocycles. The number of carbonyl (C=O) groups is 1. The second kappa shape index (κ2) is 7.51. The molecular formula is C18H13Cl2N3O2. The van der Waals surface area contributed by atoms with Crippen LogP contribution in [0.15, 0.2) is 54.9 Å². The van der Waals surface area contributed by atoms with Crippen molar-refractivity contribution in [2.75, 3.05) is 5.32 Å². The van der Waals surface area contributed by atoms with Crippen molar-refractivity contribution in [2.24, 2.45) is 0 Å². The molecule has 1 aromatic heterocycles. The first kappa shape index (κ1) is 17.2. The summed E-state index contributed by atoms with van der Waals surface area (Å²) in [6, 6.07) is 11.7. The van der Waals surface area contributed by atoms with Crippen molar-refractivity contribution < 1.29 is 9.90 Å². The molecule has 0 aliphatic carbocycles. The number of aromatic nitrogens is 2. The lowest BCUT2D eigenvalue weighted by Gasteiger charge is -2.08. The Morgan fingerprint density at radius 3 is 2.32 bits per heavy atom. The Balaban J connectivity index is 1.70. The van der Waals surface area contributed by atoms with E-state index in [1.807, 2.05) is 0 Å². The normalized spacial score (nSPS) is 10.5. The van der Waals surface area contributed by atoms with E-state index in [0.29, 0.717) is 32.7 Å². The van der Waals surface area contributed by atoms with E-state index in [2.05, 4.69) is 15.3 Å². The number of hydrogen-bond donors (Lipinski definition) is 2. The molecule has 0 saturated heterocycles. The van der Waals surface area contributed by atoms with Crippen molar-refractivity contribution in [1.29, 1.82) is 0 Å². The number of rotatable bonds is 4. The third-order valence-corrected chi connectivity index (χ3v) is 4.15. The van der Waals surface area contributed by atoms with Crippen LogP contribution in [0.1, 0.15) is 5.56 Å². The van der Waals surface area contributed by atoms with Gasteiger partial charge in [-0.05, 0) is 29.8 Å². The largest absolute Gasteiger partial charge is 0.508 e. The van der Waals surface area contributed by atoms with Crippen molar-refractivity contribution in [2.45, 2.75) is 6.42 Å². The van der Waals surface area contributed by atoms with Gasteiger partial charge in [0.2, 0.25) is 5.91 Å². The lowest BCUT2D eigenvalue weighted by Crippen LogP contribution is -2.15. The maximum Gasteiger partial charge on any atom is 0.228 e. The molecule has 2 N–H and O–H groups in total. The van der Waals surface area contributed by atoms with Crippen LogP contribution >= 0.6 is 23.2 Å². The van der Waals surface area contributed by atoms with Crippen LogP contribution in [0, 0.1) is 0 Å². The number of amides is 1. The standard InChI is InChI=1S/C18H13Cl2N3O2/c19-15-5-2-6-16(20)14(15)8-17(25)23-12-9-21-18(22-10-12)11-3-1-4-13(24)7-11/h1-7,9-10,24H,8H2,(H,23,25). The number of benzene rings is 2. The second-order valence-electron chi connectivity index (χ2n) is 5.27. The molecule has 0 bridgehead atoms. The Labute approximate surface area is 154 Å². The zero-order valence-corrected chi connectivity index (χ0v) is 14.4. The fourth-order valence-corrected chi connectivity index (χ4v) is 2.78. The molecule has 3 aromatic rings. The minimum absolute atomic E-state index is 0.0484. The zero-order chi connectivity index (χ0) is 17.8. The van der Waals surface area contributed by atoms with E-state index in [1.165, 1.54) is 12.4 Å². The minimum atomic E-state index is -0.274. The van der Waals surface area contributed by atoms with Crippen LogP contribution in [0.2, 0.25) is 10.0 Å². The van der Waals surface area contributed by atoms with Crippen LogP contribution in [0.3, 0.4) is 0 Å². The van der Waals surface area contributed by atoms with Crippen LogP contribution in [0.25, 0.3) is 11.4 Å². The van der Waals surface area contributed by atoms with Crippen LogP contribution < -0.4 is 5.32 Å². The lowest BCUT2D eigenvalue weighted by atomic mass is 10.1. The topological polar surface area (TPSA) is 75.1 Å². The number of nitrogens with zero attached hydrogens (tertiary/aromatic N) is 2. The molecule has 25 heavy (non-hydrogen) atoms. The summed E-state index contributed by atoms with van der Waals surface area (Å²) in [6.07, 6.45) is 3.05. The molecule has 0 radical (unpaired) electrons. The van der Waals surface area contributed by atoms with Crippen molar-refractivity contribution in [3.63, 3.8) is 0 Å². The quantitative estimate of drug-likeness (QED) is 0.713. The first-order valence-corrected chi connectivity index (χ1v) is 8.13. The fraction of sp³-hybridized carbons (Fsp3) is 0.0556. The van der Waals surface area contributed by atoms with E-state index in [1.54, 1.807) is 42.5 Å². The molecule has 7 heteroatoms. The number of halogens is 2. The van der Waals surface area contributed by atoms with E-state index in [4.69, 9.17) is 23.2 Å². The number of hydrogen-bond acceptors (Lipinski definition) is 4. The Kier molecular flexibility index (Phi) is 5.16. The molecule has 0 spiro atoms. The highest BCUT2D eigenvalue weighted by Gasteiger charge is 2.11. The van der Waals surface area contributed by atoms with Gasteiger partial charge in [0.15, 0.2) is 5.82 Å². The average Bonchev–Trinajstić information content (AvgIpc) is 2.59. The zero-order valence-electron chi connectivity index (χ0n) is 12.9. The number of phenolic OH excluding ortho intramolecular Hbond substituents is 1. The Morgan fingerprint density at radius 1 is 1.04 bits per heavy atom. The Hall–Kier alpha value is -2.63. The van der Waals surface area contributed by atoms with Crippen LogP contribution in [-0.2, 0) is 11.2 Å². The predicted octanol–water partition coefficient (Wildman–Crippen LogP) is 4.34. The number of aromatic hydroxyl groups is 1. The highest BCUT2D eigenvalue weighted by molar-refractivity contribution is 6.36. The molecule has 0 atom stereocenters. The van der Waals surface area contributed by atoms with E-state index in [9.17, 15) is 9.90 Å². The van der Waals surface area contributed by atoms with Crippen molar-refractivity contribution in [1.82, 2.24) is 9.97 Å². The maximum absolute atomic E-state index is 12.2. The summed E-state index contributed by atoms with van der Waals surface area (Å²) in [4.78, 5) is 20.6. The molecule has 126 valence electrons. The summed E-state index contributed by atoms with van der Waals surface area (Å²) in [5.74, 6) is 0.307. The molecule has 3 rings (SSSR count). The second-order valence-corrected chi connectivity index (χ2v) is 6.09. The first-order valence-electron chi connectivity index (χ1n) is 7.37. The van der Waals surface area contributed by atoms with E-state index in [0.717, 1.165) is 0 Å². The minimum Gasteiger partial charge on any atom is -0.508 e. The number of anilines is 1. The molecule has 0 saturated carbocycles. The fourth-order valence-electron chi connectivity index (χ4n) is 2.25. The SMILES string of the molecule is O=C(Cc1c(Cl)cccc1Cl)Nc1cnc(-c2cccc(O)c2)nc1. The van der Waals surface area contributed by atoms with Crippen molar-refractivity contribution in [3.8, 4) is 17.1 Å². The van der Waals surface area contributed by atoms with Gasteiger partial charge in [-0.2, -0.15) is 0 Å². The van der Waals surface area contributed by atoms with E-state index in [-0.39, 0.29) is 18.1 Å². The molecule has 1 amide bonds. The van der Waals surface area contributed by atoms with Crippen LogP contribution in [0.4, 0.5) is 5.69 Å². The summed E-state index contributed by atoms with van der Waals surface area (Å²) < 4.78 is 0. The number of carbonyl (C=O) groups excluding carboxylic acids is 1. The van der Waals surface area contributed by atoms with Gasteiger partial charge < -0.3 is 10.4 Å². The highest BCUT2D eigenvalue weighted by atomic mass is 35.5. The summed E-state index contributed by atoms with van der Waals surface area (Å²) in [6.45, 7) is 0. The summed E-state index contributed by atoms with van der Waals surface area (Å²) in [5, 5.41) is 13.1. The number of nitrogens with one attached hydrogen (secondary N) is 1. The van der Waals surface area contributed by atoms with Crippen molar-refractivity contribution >= 4 is 34.8 Å². The third-order valence-electron chi connectivity index (χ3n) is 3.44. The van der Waals surface area contributed by atoms with Gasteiger partial charge in [0.1, 0.15) is 5.75 Å². The summed E-state index contributed by atoms with van der Waals surface area (Å²) >= 11 is 12.1. The molecule has 0 aliphatic heterocycles. The van der Waals surface area contributed by atoms with Gasteiger partial charge in [0.05, 0.1) is 24.5 Å². The van der Waals surface area contributed by atoms with E-state index >= 15 is 0 Å². The molecule has 5 nitrogen and oxygen atoms in total. The number of phenols is 1. The smallest absolute Gasteiger partial charge is 0.228 e. The van der Waals surface area contributed by atoms with Crippen LogP contribution in [0.5, 0.6) is 5.75 Å². The molecule has 0 aliphatic rings.